The molecule has 0 bridgehead atoms. The number of carbonyl (C=O) groups excluding carboxylic acids is 1. The molecule has 0 aliphatic carbocycles. The fourth-order valence-corrected chi connectivity index (χ4v) is 1.39. The summed E-state index contributed by atoms with van der Waals surface area (Å²) in [5.41, 5.74) is -0.284. The summed E-state index contributed by atoms with van der Waals surface area (Å²) in [6.07, 6.45) is -0.629. The highest BCUT2D eigenvalue weighted by Gasteiger charge is 2.17. The minimum atomic E-state index is -0.629. The molecule has 0 heterocycles. The molecule has 1 rings (SSSR count). The van der Waals surface area contributed by atoms with Gasteiger partial charge in [0.25, 0.3) is 0 Å². The van der Waals surface area contributed by atoms with E-state index in [4.69, 9.17) is 27.9 Å². The molecular weight excluding hydrogens is 265 g/mol. The number of phenolic OH excluding ortho intramolecular Hbond substituents is 1. The minimum Gasteiger partial charge on any atom is -0.506 e. The standard InChI is InChI=1S/C11H13Cl2NO3/c1-11(2,3)17-10(16)14-6-4-7(12)9(13)8(15)5-6/h4-5,15H,1-3H3,(H,14,16). The zero-order valence-electron chi connectivity index (χ0n) is 9.67. The first kappa shape index (κ1) is 13.9. The number of rotatable bonds is 1. The fourth-order valence-electron chi connectivity index (χ4n) is 1.07. The van der Waals surface area contributed by atoms with Crippen LogP contribution in [0.15, 0.2) is 12.1 Å². The molecule has 0 aliphatic rings. The van der Waals surface area contributed by atoms with Crippen molar-refractivity contribution in [2.45, 2.75) is 26.4 Å². The molecule has 0 atom stereocenters. The Balaban J connectivity index is 2.79. The number of ether oxygens (including phenoxy) is 1. The molecule has 0 aromatic heterocycles. The lowest BCUT2D eigenvalue weighted by atomic mass is 10.2. The van der Waals surface area contributed by atoms with E-state index in [2.05, 4.69) is 5.32 Å². The first-order chi connectivity index (χ1) is 7.69. The predicted molar refractivity (Wildman–Crippen MR) is 68.0 cm³/mol. The maximum atomic E-state index is 11.4. The summed E-state index contributed by atoms with van der Waals surface area (Å²) in [7, 11) is 0. The summed E-state index contributed by atoms with van der Waals surface area (Å²) in [6.45, 7) is 5.25. The van der Waals surface area contributed by atoms with Crippen molar-refractivity contribution >= 4 is 35.0 Å². The minimum absolute atomic E-state index is 0.0430. The van der Waals surface area contributed by atoms with Crippen LogP contribution in [0.5, 0.6) is 5.75 Å². The normalized spacial score (nSPS) is 11.1. The molecule has 17 heavy (non-hydrogen) atoms. The monoisotopic (exact) mass is 277 g/mol. The van der Waals surface area contributed by atoms with Crippen LogP contribution < -0.4 is 5.32 Å². The second-order valence-electron chi connectivity index (χ2n) is 4.42. The first-order valence-corrected chi connectivity index (χ1v) is 5.62. The maximum absolute atomic E-state index is 11.4. The number of hydrogen-bond donors (Lipinski definition) is 2. The van der Waals surface area contributed by atoms with Gasteiger partial charge in [-0.25, -0.2) is 4.79 Å². The fraction of sp³-hybridized carbons (Fsp3) is 0.364. The van der Waals surface area contributed by atoms with Crippen molar-refractivity contribution in [1.82, 2.24) is 0 Å². The van der Waals surface area contributed by atoms with Crippen LogP contribution in [0.1, 0.15) is 20.8 Å². The Morgan fingerprint density at radius 1 is 1.35 bits per heavy atom. The number of aromatic hydroxyl groups is 1. The van der Waals surface area contributed by atoms with Crippen LogP contribution in [0.2, 0.25) is 10.0 Å². The van der Waals surface area contributed by atoms with Crippen LogP contribution in [0, 0.1) is 0 Å². The van der Waals surface area contributed by atoms with Crippen LogP contribution >= 0.6 is 23.2 Å². The predicted octanol–water partition coefficient (Wildman–Crippen LogP) is 4.05. The second kappa shape index (κ2) is 5.02. The second-order valence-corrected chi connectivity index (χ2v) is 5.20. The van der Waals surface area contributed by atoms with Crippen molar-refractivity contribution in [3.05, 3.63) is 22.2 Å². The lowest BCUT2D eigenvalue weighted by Gasteiger charge is -2.19. The van der Waals surface area contributed by atoms with Crippen LogP contribution in [0.25, 0.3) is 0 Å². The number of phenols is 1. The smallest absolute Gasteiger partial charge is 0.412 e. The van der Waals surface area contributed by atoms with Crippen LogP contribution in [-0.4, -0.2) is 16.8 Å². The van der Waals surface area contributed by atoms with Gasteiger partial charge in [-0.05, 0) is 26.8 Å². The molecule has 0 spiro atoms. The highest BCUT2D eigenvalue weighted by atomic mass is 35.5. The quantitative estimate of drug-likeness (QED) is 0.814. The summed E-state index contributed by atoms with van der Waals surface area (Å²) in [6, 6.07) is 2.71. The van der Waals surface area contributed by atoms with E-state index in [1.165, 1.54) is 12.1 Å². The summed E-state index contributed by atoms with van der Waals surface area (Å²) < 4.78 is 5.04. The molecule has 0 aliphatic heterocycles. The molecule has 1 amide bonds. The molecule has 0 saturated carbocycles. The molecular formula is C11H13Cl2NO3. The number of carbonyl (C=O) groups is 1. The molecule has 1 aromatic rings. The van der Waals surface area contributed by atoms with Crippen molar-refractivity contribution in [3.63, 3.8) is 0 Å². The van der Waals surface area contributed by atoms with Gasteiger partial charge in [-0.2, -0.15) is 0 Å². The Morgan fingerprint density at radius 3 is 2.41 bits per heavy atom. The zero-order chi connectivity index (χ0) is 13.2. The molecule has 94 valence electrons. The summed E-state index contributed by atoms with van der Waals surface area (Å²) in [5.74, 6) is -0.203. The van der Waals surface area contributed by atoms with E-state index in [0.29, 0.717) is 5.69 Å². The summed E-state index contributed by atoms with van der Waals surface area (Å²) >= 11 is 11.4. The van der Waals surface area contributed by atoms with Gasteiger partial charge in [-0.15, -0.1) is 0 Å². The third kappa shape index (κ3) is 4.32. The van der Waals surface area contributed by atoms with E-state index >= 15 is 0 Å². The first-order valence-electron chi connectivity index (χ1n) is 4.87. The van der Waals surface area contributed by atoms with E-state index in [0.717, 1.165) is 0 Å². The highest BCUT2D eigenvalue weighted by Crippen LogP contribution is 2.34. The Bertz CT molecular complexity index is 418. The van der Waals surface area contributed by atoms with E-state index < -0.39 is 11.7 Å². The molecule has 4 nitrogen and oxygen atoms in total. The third-order valence-electron chi connectivity index (χ3n) is 1.65. The summed E-state index contributed by atoms with van der Waals surface area (Å²) in [4.78, 5) is 11.4. The van der Waals surface area contributed by atoms with Gasteiger partial charge in [0, 0.05) is 11.8 Å². The van der Waals surface area contributed by atoms with Gasteiger partial charge in [-0.3, -0.25) is 5.32 Å². The van der Waals surface area contributed by atoms with E-state index in [1.807, 2.05) is 0 Å². The Morgan fingerprint density at radius 2 is 1.94 bits per heavy atom. The number of benzene rings is 1. The van der Waals surface area contributed by atoms with Gasteiger partial charge in [0.05, 0.1) is 5.02 Å². The molecule has 2 N–H and O–H groups in total. The van der Waals surface area contributed by atoms with Gasteiger partial charge < -0.3 is 9.84 Å². The van der Waals surface area contributed by atoms with Crippen LogP contribution in [-0.2, 0) is 4.74 Å². The molecule has 1 aromatic carbocycles. The van der Waals surface area contributed by atoms with Gasteiger partial charge in [-0.1, -0.05) is 23.2 Å². The number of nitrogens with one attached hydrogen (secondary N) is 1. The van der Waals surface area contributed by atoms with Crippen molar-refractivity contribution in [2.75, 3.05) is 5.32 Å². The number of halogens is 2. The molecule has 0 unspecified atom stereocenters. The van der Waals surface area contributed by atoms with Crippen molar-refractivity contribution in [1.29, 1.82) is 0 Å². The highest BCUT2D eigenvalue weighted by molar-refractivity contribution is 6.43. The number of anilines is 1. The summed E-state index contributed by atoms with van der Waals surface area (Å²) in [5, 5.41) is 12.1. The van der Waals surface area contributed by atoms with Gasteiger partial charge in [0.15, 0.2) is 0 Å². The topological polar surface area (TPSA) is 58.6 Å². The average Bonchev–Trinajstić information content (AvgIpc) is 2.10. The van der Waals surface area contributed by atoms with Crippen molar-refractivity contribution < 1.29 is 14.6 Å². The maximum Gasteiger partial charge on any atom is 0.412 e. The van der Waals surface area contributed by atoms with E-state index in [-0.39, 0.29) is 15.8 Å². The Kier molecular flexibility index (Phi) is 4.11. The van der Waals surface area contributed by atoms with Crippen LogP contribution in [0.3, 0.4) is 0 Å². The molecule has 0 saturated heterocycles. The largest absolute Gasteiger partial charge is 0.506 e. The van der Waals surface area contributed by atoms with E-state index in [9.17, 15) is 9.90 Å². The zero-order valence-corrected chi connectivity index (χ0v) is 11.2. The van der Waals surface area contributed by atoms with Crippen LogP contribution in [0.4, 0.5) is 10.5 Å². The van der Waals surface area contributed by atoms with Crippen molar-refractivity contribution in [3.8, 4) is 5.75 Å². The number of amides is 1. The lowest BCUT2D eigenvalue weighted by molar-refractivity contribution is 0.0636. The van der Waals surface area contributed by atoms with Gasteiger partial charge in [0.1, 0.15) is 16.4 Å². The van der Waals surface area contributed by atoms with E-state index in [1.54, 1.807) is 20.8 Å². The van der Waals surface area contributed by atoms with Crippen molar-refractivity contribution in [2.24, 2.45) is 0 Å². The number of hydrogen-bond acceptors (Lipinski definition) is 3. The molecule has 6 heteroatoms. The van der Waals surface area contributed by atoms with Gasteiger partial charge >= 0.3 is 6.09 Å². The SMILES string of the molecule is CC(C)(C)OC(=O)Nc1cc(O)c(Cl)c(Cl)c1. The Hall–Kier alpha value is -1.13. The molecule has 0 fully saturated rings. The Labute approximate surface area is 109 Å². The lowest BCUT2D eigenvalue weighted by Crippen LogP contribution is -2.27. The molecule has 0 radical (unpaired) electrons. The third-order valence-corrected chi connectivity index (χ3v) is 2.45. The average molecular weight is 278 g/mol. The van der Waals surface area contributed by atoms with Gasteiger partial charge in [0.2, 0.25) is 0 Å².